The van der Waals surface area contributed by atoms with Crippen LogP contribution >= 0.6 is 0 Å². The predicted octanol–water partition coefficient (Wildman–Crippen LogP) is 2.94. The van der Waals surface area contributed by atoms with Gasteiger partial charge in [0.25, 0.3) is 0 Å². The standard InChI is InChI=1S/C25H41N3O3/c1-25(2,3)27-24(30)22-13-18-9-5-6-11-20(18)16-28(22)17-21(29)15-26-14-19-10-7-8-12-23(19)31-4/h7-8,10,12,18,20-22,26,29H,5-6,9,11,13-17H2,1-4H3,(H,27,30)/t18-,20+,21+,22-/m0/s1. The Morgan fingerprint density at radius 1 is 1.23 bits per heavy atom. The Hall–Kier alpha value is -1.63. The summed E-state index contributed by atoms with van der Waals surface area (Å²) >= 11 is 0. The number of carbonyl (C=O) groups is 1. The number of hydrogen-bond donors (Lipinski definition) is 3. The van der Waals surface area contributed by atoms with Crippen molar-refractivity contribution in [1.82, 2.24) is 15.5 Å². The van der Waals surface area contributed by atoms with Crippen LogP contribution in [0.1, 0.15) is 58.4 Å². The van der Waals surface area contributed by atoms with E-state index in [2.05, 4.69) is 15.5 Å². The number of hydrogen-bond acceptors (Lipinski definition) is 5. The maximum absolute atomic E-state index is 13.1. The summed E-state index contributed by atoms with van der Waals surface area (Å²) in [6.07, 6.45) is 5.44. The number of likely N-dealkylation sites (tertiary alicyclic amines) is 1. The van der Waals surface area contributed by atoms with Gasteiger partial charge in [0.15, 0.2) is 0 Å². The molecule has 1 aliphatic heterocycles. The van der Waals surface area contributed by atoms with Gasteiger partial charge in [-0.05, 0) is 51.5 Å². The highest BCUT2D eigenvalue weighted by atomic mass is 16.5. The molecule has 1 aromatic rings. The molecule has 0 radical (unpaired) electrons. The number of nitrogens with zero attached hydrogens (tertiary/aromatic N) is 1. The largest absolute Gasteiger partial charge is 0.496 e. The number of aliphatic hydroxyl groups is 1. The first-order valence-corrected chi connectivity index (χ1v) is 11.8. The van der Waals surface area contributed by atoms with Crippen LogP contribution in [-0.2, 0) is 11.3 Å². The van der Waals surface area contributed by atoms with Crippen LogP contribution in [0.3, 0.4) is 0 Å². The fourth-order valence-corrected chi connectivity index (χ4v) is 5.18. The molecule has 1 heterocycles. The van der Waals surface area contributed by atoms with Crippen LogP contribution in [0.15, 0.2) is 24.3 Å². The van der Waals surface area contributed by atoms with Crippen LogP contribution < -0.4 is 15.4 Å². The fourth-order valence-electron chi connectivity index (χ4n) is 5.18. The summed E-state index contributed by atoms with van der Waals surface area (Å²) in [6.45, 7) is 8.63. The summed E-state index contributed by atoms with van der Waals surface area (Å²) in [6, 6.07) is 7.76. The van der Waals surface area contributed by atoms with Gasteiger partial charge in [-0.25, -0.2) is 0 Å². The molecule has 6 heteroatoms. The normalized spacial score (nSPS) is 25.5. The Morgan fingerprint density at radius 3 is 2.65 bits per heavy atom. The lowest BCUT2D eigenvalue weighted by molar-refractivity contribution is -0.132. The quantitative estimate of drug-likeness (QED) is 0.590. The monoisotopic (exact) mass is 431 g/mol. The number of piperidine rings is 1. The summed E-state index contributed by atoms with van der Waals surface area (Å²) in [5, 5.41) is 17.3. The minimum atomic E-state index is -0.528. The molecule has 0 aromatic heterocycles. The van der Waals surface area contributed by atoms with Crippen LogP contribution in [-0.4, -0.2) is 60.3 Å². The van der Waals surface area contributed by atoms with Gasteiger partial charge in [0, 0.05) is 37.3 Å². The van der Waals surface area contributed by atoms with Gasteiger partial charge in [-0.15, -0.1) is 0 Å². The van der Waals surface area contributed by atoms with E-state index in [0.29, 0.717) is 31.5 Å². The van der Waals surface area contributed by atoms with Crippen molar-refractivity contribution < 1.29 is 14.6 Å². The summed E-state index contributed by atoms with van der Waals surface area (Å²) in [5.74, 6) is 2.25. The van der Waals surface area contributed by atoms with Crippen LogP contribution in [0.4, 0.5) is 0 Å². The number of aliphatic hydroxyl groups excluding tert-OH is 1. The smallest absolute Gasteiger partial charge is 0.237 e. The number of amides is 1. The van der Waals surface area contributed by atoms with E-state index >= 15 is 0 Å². The van der Waals surface area contributed by atoms with E-state index in [9.17, 15) is 9.90 Å². The number of benzene rings is 1. The van der Waals surface area contributed by atoms with Crippen LogP contribution in [0.25, 0.3) is 0 Å². The number of fused-ring (bicyclic) bond motifs is 1. The van der Waals surface area contributed by atoms with E-state index in [1.807, 2.05) is 45.0 Å². The number of rotatable bonds is 8. The molecule has 1 aromatic carbocycles. The van der Waals surface area contributed by atoms with Crippen molar-refractivity contribution in [2.75, 3.05) is 26.7 Å². The second-order valence-electron chi connectivity index (χ2n) is 10.3. The van der Waals surface area contributed by atoms with E-state index in [4.69, 9.17) is 4.74 Å². The molecule has 0 spiro atoms. The van der Waals surface area contributed by atoms with Crippen molar-refractivity contribution in [1.29, 1.82) is 0 Å². The highest BCUT2D eigenvalue weighted by molar-refractivity contribution is 5.82. The third kappa shape index (κ3) is 6.93. The predicted molar refractivity (Wildman–Crippen MR) is 124 cm³/mol. The fraction of sp³-hybridized carbons (Fsp3) is 0.720. The summed E-state index contributed by atoms with van der Waals surface area (Å²) < 4.78 is 5.40. The number of β-amino-alcohol motifs (C(OH)–C–C–N with tert-alkyl or cyclic N) is 1. The summed E-state index contributed by atoms with van der Waals surface area (Å²) in [5.41, 5.74) is 0.823. The summed E-state index contributed by atoms with van der Waals surface area (Å²) in [7, 11) is 1.67. The van der Waals surface area contributed by atoms with Crippen molar-refractivity contribution in [3.63, 3.8) is 0 Å². The maximum Gasteiger partial charge on any atom is 0.237 e. The first kappa shape index (κ1) is 24.0. The number of carbonyl (C=O) groups excluding carboxylic acids is 1. The second-order valence-corrected chi connectivity index (χ2v) is 10.3. The van der Waals surface area contributed by atoms with Crippen LogP contribution in [0, 0.1) is 11.8 Å². The van der Waals surface area contributed by atoms with E-state index < -0.39 is 6.10 Å². The van der Waals surface area contributed by atoms with Gasteiger partial charge in [0.2, 0.25) is 5.91 Å². The van der Waals surface area contributed by atoms with Crippen molar-refractivity contribution in [3.05, 3.63) is 29.8 Å². The average molecular weight is 432 g/mol. The molecule has 0 unspecified atom stereocenters. The number of ether oxygens (including phenoxy) is 1. The van der Waals surface area contributed by atoms with Gasteiger partial charge >= 0.3 is 0 Å². The topological polar surface area (TPSA) is 73.8 Å². The zero-order valence-electron chi connectivity index (χ0n) is 19.7. The van der Waals surface area contributed by atoms with Crippen molar-refractivity contribution in [2.45, 2.75) is 77.1 Å². The van der Waals surface area contributed by atoms with Gasteiger partial charge in [-0.3, -0.25) is 9.69 Å². The van der Waals surface area contributed by atoms with Crippen molar-refractivity contribution in [3.8, 4) is 5.75 Å². The lowest BCUT2D eigenvalue weighted by atomic mass is 9.72. The van der Waals surface area contributed by atoms with Gasteiger partial charge < -0.3 is 20.5 Å². The third-order valence-corrected chi connectivity index (χ3v) is 6.64. The highest BCUT2D eigenvalue weighted by Crippen LogP contribution is 2.38. The van der Waals surface area contributed by atoms with Crippen LogP contribution in [0.2, 0.25) is 0 Å². The van der Waals surface area contributed by atoms with E-state index in [0.717, 1.165) is 24.3 Å². The molecule has 3 rings (SSSR count). The number of methoxy groups -OCH3 is 1. The molecule has 6 nitrogen and oxygen atoms in total. The first-order chi connectivity index (χ1) is 14.8. The lowest BCUT2D eigenvalue weighted by Gasteiger charge is -2.46. The maximum atomic E-state index is 13.1. The minimum Gasteiger partial charge on any atom is -0.496 e. The molecule has 2 fully saturated rings. The van der Waals surface area contributed by atoms with Gasteiger partial charge in [0.05, 0.1) is 19.3 Å². The SMILES string of the molecule is COc1ccccc1CNC[C@@H](O)CN1C[C@H]2CCCC[C@H]2C[C@H]1C(=O)NC(C)(C)C. The highest BCUT2D eigenvalue weighted by Gasteiger charge is 2.40. The molecule has 2 aliphatic rings. The Morgan fingerprint density at radius 2 is 1.94 bits per heavy atom. The van der Waals surface area contributed by atoms with E-state index in [1.165, 1.54) is 25.7 Å². The zero-order valence-corrected chi connectivity index (χ0v) is 19.7. The molecular weight excluding hydrogens is 390 g/mol. The molecule has 174 valence electrons. The Bertz CT molecular complexity index is 718. The molecular formula is C25H41N3O3. The van der Waals surface area contributed by atoms with Crippen LogP contribution in [0.5, 0.6) is 5.75 Å². The molecule has 1 aliphatic carbocycles. The van der Waals surface area contributed by atoms with Crippen molar-refractivity contribution in [2.24, 2.45) is 11.8 Å². The summed E-state index contributed by atoms with van der Waals surface area (Å²) in [4.78, 5) is 15.3. The Labute approximate surface area is 187 Å². The van der Waals surface area contributed by atoms with Crippen molar-refractivity contribution >= 4 is 5.91 Å². The van der Waals surface area contributed by atoms with Gasteiger partial charge in [0.1, 0.15) is 5.75 Å². The Kier molecular flexibility index (Phi) is 8.36. The molecule has 31 heavy (non-hydrogen) atoms. The minimum absolute atomic E-state index is 0.103. The zero-order chi connectivity index (χ0) is 22.4. The lowest BCUT2D eigenvalue weighted by Crippen LogP contribution is -2.59. The molecule has 4 atom stereocenters. The molecule has 0 bridgehead atoms. The van der Waals surface area contributed by atoms with Gasteiger partial charge in [-0.1, -0.05) is 37.5 Å². The van der Waals surface area contributed by atoms with Gasteiger partial charge in [-0.2, -0.15) is 0 Å². The Balaban J connectivity index is 1.58. The molecule has 1 saturated heterocycles. The molecule has 1 saturated carbocycles. The number of para-hydroxylation sites is 1. The first-order valence-electron chi connectivity index (χ1n) is 11.8. The van der Waals surface area contributed by atoms with E-state index in [-0.39, 0.29) is 17.5 Å². The second kappa shape index (κ2) is 10.8. The van der Waals surface area contributed by atoms with E-state index in [1.54, 1.807) is 7.11 Å². The third-order valence-electron chi connectivity index (χ3n) is 6.64. The molecule has 3 N–H and O–H groups in total. The number of nitrogens with one attached hydrogen (secondary N) is 2. The average Bonchev–Trinajstić information content (AvgIpc) is 2.72. The molecule has 1 amide bonds.